The third-order valence-electron chi connectivity index (χ3n) is 2.56. The van der Waals surface area contributed by atoms with E-state index in [2.05, 4.69) is 5.73 Å². The zero-order valence-corrected chi connectivity index (χ0v) is 10.9. The molecule has 3 heteroatoms. The molecule has 0 aromatic heterocycles. The van der Waals surface area contributed by atoms with Gasteiger partial charge >= 0.3 is 5.97 Å². The number of rotatable bonds is 3. The summed E-state index contributed by atoms with van der Waals surface area (Å²) in [5.41, 5.74) is 3.78. The zero-order chi connectivity index (χ0) is 13.1. The summed E-state index contributed by atoms with van der Waals surface area (Å²) in [4.78, 5) is 10.7. The normalized spacial score (nSPS) is 10.6. The van der Waals surface area contributed by atoms with E-state index in [4.69, 9.17) is 16.7 Å². The number of carbonyl (C=O) groups is 1. The smallest absolute Gasteiger partial charge is 0.339 e. The van der Waals surface area contributed by atoms with Crippen LogP contribution in [-0.4, -0.2) is 11.1 Å². The summed E-state index contributed by atoms with van der Waals surface area (Å²) in [5.74, 6) is -0.951. The highest BCUT2D eigenvalue weighted by Crippen LogP contribution is 2.25. The second-order valence-electron chi connectivity index (χ2n) is 4.45. The maximum Gasteiger partial charge on any atom is 0.339 e. The fraction of sp³-hybridized carbons (Fsp3) is 0.286. The summed E-state index contributed by atoms with van der Waals surface area (Å²) < 4.78 is 0. The van der Waals surface area contributed by atoms with E-state index in [9.17, 15) is 4.79 Å². The second kappa shape index (κ2) is 5.22. The van der Waals surface area contributed by atoms with E-state index in [-0.39, 0.29) is 11.0 Å². The molecule has 90 valence electrons. The molecule has 1 rings (SSSR count). The molecule has 1 aromatic rings. The summed E-state index contributed by atoms with van der Waals surface area (Å²) in [5, 5.41) is 9.43. The average molecular weight is 251 g/mol. The lowest BCUT2D eigenvalue weighted by Gasteiger charge is -2.19. The van der Waals surface area contributed by atoms with E-state index >= 15 is 0 Å². The van der Waals surface area contributed by atoms with Crippen LogP contribution in [0, 0.1) is 0 Å². The number of hydrogen-bond acceptors (Lipinski definition) is 1. The molecule has 0 radical (unpaired) electrons. The van der Waals surface area contributed by atoms with Crippen molar-refractivity contribution in [1.29, 1.82) is 0 Å². The maximum atomic E-state index is 10.7. The molecule has 0 spiro atoms. The Labute approximate surface area is 106 Å². The molecule has 0 unspecified atom stereocenters. The van der Waals surface area contributed by atoms with Gasteiger partial charge in [-0.15, -0.1) is 5.73 Å². The monoisotopic (exact) mass is 250 g/mol. The highest BCUT2D eigenvalue weighted by atomic mass is 35.5. The van der Waals surface area contributed by atoms with E-state index in [1.165, 1.54) is 6.92 Å². The van der Waals surface area contributed by atoms with Crippen molar-refractivity contribution in [3.8, 4) is 0 Å². The van der Waals surface area contributed by atoms with E-state index in [1.807, 2.05) is 38.1 Å². The van der Waals surface area contributed by atoms with Gasteiger partial charge in [-0.3, -0.25) is 0 Å². The van der Waals surface area contributed by atoms with Crippen LogP contribution >= 0.6 is 11.6 Å². The Morgan fingerprint density at radius 2 is 1.88 bits per heavy atom. The van der Waals surface area contributed by atoms with Crippen LogP contribution in [0.15, 0.2) is 41.6 Å². The molecule has 1 aromatic carbocycles. The minimum atomic E-state index is -0.951. The second-order valence-corrected chi connectivity index (χ2v) is 4.88. The molecule has 0 saturated carbocycles. The first-order valence-electron chi connectivity index (χ1n) is 5.27. The fourth-order valence-electron chi connectivity index (χ4n) is 1.31. The number of hydrogen-bond donors (Lipinski definition) is 1. The predicted molar refractivity (Wildman–Crippen MR) is 69.4 cm³/mol. The molecule has 0 heterocycles. The van der Waals surface area contributed by atoms with Gasteiger partial charge in [0.1, 0.15) is 0 Å². The van der Waals surface area contributed by atoms with Crippen molar-refractivity contribution in [2.45, 2.75) is 26.2 Å². The van der Waals surface area contributed by atoms with Crippen molar-refractivity contribution in [2.24, 2.45) is 0 Å². The Kier molecular flexibility index (Phi) is 4.17. The number of halogens is 1. The Bertz CT molecular complexity index is 477. The molecule has 2 nitrogen and oxygen atoms in total. The lowest BCUT2D eigenvalue weighted by atomic mass is 9.84. The minimum Gasteiger partial charge on any atom is -0.477 e. The van der Waals surface area contributed by atoms with Crippen LogP contribution in [0.2, 0.25) is 5.02 Å². The number of benzene rings is 1. The van der Waals surface area contributed by atoms with Gasteiger partial charge in [0.15, 0.2) is 0 Å². The van der Waals surface area contributed by atoms with Crippen LogP contribution in [0.1, 0.15) is 26.3 Å². The molecular formula is C14H15ClO2. The van der Waals surface area contributed by atoms with Crippen LogP contribution in [0.25, 0.3) is 0 Å². The highest BCUT2D eigenvalue weighted by molar-refractivity contribution is 6.30. The van der Waals surface area contributed by atoms with Crippen LogP contribution in [-0.2, 0) is 10.2 Å². The third-order valence-corrected chi connectivity index (χ3v) is 2.81. The van der Waals surface area contributed by atoms with Crippen molar-refractivity contribution >= 4 is 17.6 Å². The lowest BCUT2D eigenvalue weighted by Crippen LogP contribution is -2.12. The molecule has 0 amide bonds. The Morgan fingerprint density at radius 1 is 1.35 bits per heavy atom. The molecule has 1 N–H and O–H groups in total. The molecular weight excluding hydrogens is 236 g/mol. The Hall–Kier alpha value is -1.50. The molecule has 0 aliphatic heterocycles. The van der Waals surface area contributed by atoms with Crippen molar-refractivity contribution in [2.75, 3.05) is 0 Å². The van der Waals surface area contributed by atoms with Crippen LogP contribution in [0.3, 0.4) is 0 Å². The van der Waals surface area contributed by atoms with Gasteiger partial charge in [-0.25, -0.2) is 4.79 Å². The minimum absolute atomic E-state index is 0.201. The fourth-order valence-corrected chi connectivity index (χ4v) is 1.44. The summed E-state index contributed by atoms with van der Waals surface area (Å²) in [7, 11) is 0. The van der Waals surface area contributed by atoms with Crippen molar-refractivity contribution in [3.63, 3.8) is 0 Å². The van der Waals surface area contributed by atoms with E-state index in [0.29, 0.717) is 5.02 Å². The van der Waals surface area contributed by atoms with E-state index in [1.54, 1.807) is 6.08 Å². The van der Waals surface area contributed by atoms with E-state index in [0.717, 1.165) is 5.56 Å². The molecule has 0 aliphatic rings. The number of aliphatic carboxylic acids is 1. The third kappa shape index (κ3) is 3.77. The lowest BCUT2D eigenvalue weighted by molar-refractivity contribution is -0.132. The van der Waals surface area contributed by atoms with Crippen LogP contribution < -0.4 is 0 Å². The van der Waals surface area contributed by atoms with Gasteiger partial charge in [-0.1, -0.05) is 37.6 Å². The highest BCUT2D eigenvalue weighted by Gasteiger charge is 2.16. The number of carboxylic acid groups (broad SMARTS) is 1. The molecule has 0 saturated heterocycles. The standard InChI is InChI=1S/C14H15ClO2/c1-10(13(16)17)8-9-14(2,3)11-4-6-12(15)7-5-11/h4-7,9H,1-3H3,(H,16,17). The molecule has 0 fully saturated rings. The van der Waals surface area contributed by atoms with Gasteiger partial charge < -0.3 is 5.11 Å². The summed E-state index contributed by atoms with van der Waals surface area (Å²) >= 11 is 5.82. The molecule has 0 atom stereocenters. The summed E-state index contributed by atoms with van der Waals surface area (Å²) in [6, 6.07) is 7.49. The van der Waals surface area contributed by atoms with Crippen LogP contribution in [0.5, 0.6) is 0 Å². The Morgan fingerprint density at radius 3 is 2.35 bits per heavy atom. The SMILES string of the molecule is CC(=C=CC(C)(C)c1ccc(Cl)cc1)C(=O)O. The maximum absolute atomic E-state index is 10.7. The number of carboxylic acids is 1. The van der Waals surface area contributed by atoms with Gasteiger partial charge in [-0.05, 0) is 30.7 Å². The van der Waals surface area contributed by atoms with Gasteiger partial charge in [0, 0.05) is 10.4 Å². The first kappa shape index (κ1) is 13.6. The summed E-state index contributed by atoms with van der Waals surface area (Å²) in [6.45, 7) is 5.52. The van der Waals surface area contributed by atoms with Gasteiger partial charge in [0.05, 0.1) is 5.57 Å². The summed E-state index contributed by atoms with van der Waals surface area (Å²) in [6.07, 6.45) is 1.76. The van der Waals surface area contributed by atoms with Crippen LogP contribution in [0.4, 0.5) is 0 Å². The Balaban J connectivity index is 3.08. The topological polar surface area (TPSA) is 37.3 Å². The van der Waals surface area contributed by atoms with Gasteiger partial charge in [0.25, 0.3) is 0 Å². The van der Waals surface area contributed by atoms with E-state index < -0.39 is 5.97 Å². The first-order valence-corrected chi connectivity index (χ1v) is 5.64. The van der Waals surface area contributed by atoms with Crippen molar-refractivity contribution < 1.29 is 9.90 Å². The predicted octanol–water partition coefficient (Wildman–Crippen LogP) is 3.80. The largest absolute Gasteiger partial charge is 0.477 e. The first-order chi connectivity index (χ1) is 7.83. The zero-order valence-electron chi connectivity index (χ0n) is 10.1. The molecule has 0 aliphatic carbocycles. The van der Waals surface area contributed by atoms with Gasteiger partial charge in [0.2, 0.25) is 0 Å². The van der Waals surface area contributed by atoms with Crippen molar-refractivity contribution in [3.05, 3.63) is 52.2 Å². The average Bonchev–Trinajstić information content (AvgIpc) is 2.26. The van der Waals surface area contributed by atoms with Gasteiger partial charge in [-0.2, -0.15) is 0 Å². The molecule has 0 bridgehead atoms. The van der Waals surface area contributed by atoms with Crippen molar-refractivity contribution in [1.82, 2.24) is 0 Å². The quantitative estimate of drug-likeness (QED) is 0.654. The molecule has 17 heavy (non-hydrogen) atoms.